The van der Waals surface area contributed by atoms with Crippen LogP contribution in [0.2, 0.25) is 0 Å². The van der Waals surface area contributed by atoms with Crippen molar-refractivity contribution in [3.63, 3.8) is 0 Å². The molecule has 0 radical (unpaired) electrons. The van der Waals surface area contributed by atoms with Gasteiger partial charge in [0.25, 0.3) is 5.56 Å². The fraction of sp³-hybridized carbons (Fsp3) is 0.467. The second-order valence-corrected chi connectivity index (χ2v) is 5.37. The number of rotatable bonds is 5. The number of fused-ring (bicyclic) bond motifs is 1. The molecule has 106 valence electrons. The minimum atomic E-state index is -0.0856. The highest BCUT2D eigenvalue weighted by Gasteiger charge is 2.36. The predicted molar refractivity (Wildman–Crippen MR) is 77.7 cm³/mol. The van der Waals surface area contributed by atoms with Crippen molar-refractivity contribution in [1.82, 2.24) is 15.3 Å². The Morgan fingerprint density at radius 1 is 1.40 bits per heavy atom. The van der Waals surface area contributed by atoms with Crippen LogP contribution in [-0.4, -0.2) is 29.2 Å². The lowest BCUT2D eigenvalue weighted by Crippen LogP contribution is -2.47. The monoisotopic (exact) mass is 273 g/mol. The number of benzene rings is 1. The molecule has 5 nitrogen and oxygen atoms in total. The first kappa shape index (κ1) is 13.3. The maximum Gasteiger partial charge on any atom is 0.258 e. The second-order valence-electron chi connectivity index (χ2n) is 5.37. The van der Waals surface area contributed by atoms with Crippen LogP contribution in [0.3, 0.4) is 0 Å². The van der Waals surface area contributed by atoms with Gasteiger partial charge in [0.05, 0.1) is 23.0 Å². The predicted octanol–water partition coefficient (Wildman–Crippen LogP) is 1.58. The molecule has 1 aromatic heterocycles. The van der Waals surface area contributed by atoms with Crippen LogP contribution in [0, 0.1) is 0 Å². The molecule has 0 spiro atoms. The Labute approximate surface area is 117 Å². The number of aromatic nitrogens is 2. The van der Waals surface area contributed by atoms with Crippen LogP contribution >= 0.6 is 0 Å². The Balaban J connectivity index is 1.70. The van der Waals surface area contributed by atoms with Crippen LogP contribution < -0.4 is 10.9 Å². The van der Waals surface area contributed by atoms with Crippen LogP contribution in [0.4, 0.5) is 0 Å². The summed E-state index contributed by atoms with van der Waals surface area (Å²) >= 11 is 0. The van der Waals surface area contributed by atoms with E-state index in [-0.39, 0.29) is 11.2 Å². The molecule has 20 heavy (non-hydrogen) atoms. The molecule has 1 saturated carbocycles. The second kappa shape index (κ2) is 5.34. The van der Waals surface area contributed by atoms with Crippen molar-refractivity contribution in [2.24, 2.45) is 0 Å². The van der Waals surface area contributed by atoms with E-state index in [1.54, 1.807) is 13.2 Å². The Morgan fingerprint density at radius 3 is 2.90 bits per heavy atom. The Bertz CT molecular complexity index is 656. The van der Waals surface area contributed by atoms with E-state index in [1.807, 2.05) is 18.2 Å². The lowest BCUT2D eigenvalue weighted by atomic mass is 9.80. The Morgan fingerprint density at radius 2 is 2.20 bits per heavy atom. The quantitative estimate of drug-likeness (QED) is 0.868. The zero-order valence-electron chi connectivity index (χ0n) is 11.6. The van der Waals surface area contributed by atoms with E-state index in [0.29, 0.717) is 17.8 Å². The first-order valence-electron chi connectivity index (χ1n) is 6.96. The summed E-state index contributed by atoms with van der Waals surface area (Å²) in [5, 5.41) is 3.96. The number of hydrogen-bond donors (Lipinski definition) is 2. The molecule has 0 amide bonds. The minimum absolute atomic E-state index is 0.0167. The van der Waals surface area contributed by atoms with Gasteiger partial charge in [-0.2, -0.15) is 0 Å². The third kappa shape index (κ3) is 2.46. The molecule has 0 atom stereocenters. The molecule has 0 unspecified atom stereocenters. The van der Waals surface area contributed by atoms with Gasteiger partial charge >= 0.3 is 0 Å². The van der Waals surface area contributed by atoms with Crippen LogP contribution in [0.25, 0.3) is 10.9 Å². The maximum absolute atomic E-state index is 11.9. The molecule has 1 heterocycles. The minimum Gasteiger partial charge on any atom is -0.377 e. The van der Waals surface area contributed by atoms with Gasteiger partial charge in [-0.15, -0.1) is 0 Å². The molecule has 1 fully saturated rings. The first-order valence-corrected chi connectivity index (χ1v) is 6.96. The van der Waals surface area contributed by atoms with Crippen molar-refractivity contribution < 1.29 is 4.74 Å². The van der Waals surface area contributed by atoms with Gasteiger partial charge < -0.3 is 15.0 Å². The standard InChI is InChI=1S/C15H19N3O2/c1-20-15(7-4-8-15)10-16-9-13-17-12-6-3-2-5-11(12)14(19)18-13/h2-3,5-6,16H,4,7-10H2,1H3,(H,17,18,19). The van der Waals surface area contributed by atoms with E-state index in [2.05, 4.69) is 15.3 Å². The molecule has 2 aromatic rings. The van der Waals surface area contributed by atoms with E-state index in [0.717, 1.165) is 24.9 Å². The van der Waals surface area contributed by atoms with Crippen molar-refractivity contribution in [3.05, 3.63) is 40.4 Å². The van der Waals surface area contributed by atoms with Gasteiger partial charge in [0.1, 0.15) is 5.82 Å². The first-order chi connectivity index (χ1) is 9.72. The van der Waals surface area contributed by atoms with Gasteiger partial charge in [0.15, 0.2) is 0 Å². The normalized spacial score (nSPS) is 17.1. The zero-order chi connectivity index (χ0) is 14.0. The van der Waals surface area contributed by atoms with Gasteiger partial charge in [-0.3, -0.25) is 4.79 Å². The molecular formula is C15H19N3O2. The highest BCUT2D eigenvalue weighted by atomic mass is 16.5. The average Bonchev–Trinajstić information content (AvgIpc) is 2.42. The van der Waals surface area contributed by atoms with Crippen molar-refractivity contribution in [1.29, 1.82) is 0 Å². The molecule has 1 aliphatic rings. The van der Waals surface area contributed by atoms with E-state index in [9.17, 15) is 4.79 Å². The molecule has 2 N–H and O–H groups in total. The van der Waals surface area contributed by atoms with Gasteiger partial charge in [0, 0.05) is 13.7 Å². The summed E-state index contributed by atoms with van der Waals surface area (Å²) in [6.45, 7) is 1.34. The third-order valence-corrected chi connectivity index (χ3v) is 4.10. The molecule has 0 saturated heterocycles. The number of methoxy groups -OCH3 is 1. The number of aromatic amines is 1. The van der Waals surface area contributed by atoms with Crippen LogP contribution in [0.5, 0.6) is 0 Å². The average molecular weight is 273 g/mol. The highest BCUT2D eigenvalue weighted by Crippen LogP contribution is 2.34. The Kier molecular flexibility index (Phi) is 3.54. The lowest BCUT2D eigenvalue weighted by molar-refractivity contribution is -0.0696. The van der Waals surface area contributed by atoms with Crippen LogP contribution in [0.15, 0.2) is 29.1 Å². The smallest absolute Gasteiger partial charge is 0.258 e. The number of H-pyrrole nitrogens is 1. The van der Waals surface area contributed by atoms with Gasteiger partial charge in [-0.05, 0) is 31.4 Å². The zero-order valence-corrected chi connectivity index (χ0v) is 11.6. The lowest BCUT2D eigenvalue weighted by Gasteiger charge is -2.40. The summed E-state index contributed by atoms with van der Waals surface area (Å²) < 4.78 is 5.55. The fourth-order valence-electron chi connectivity index (χ4n) is 2.65. The summed E-state index contributed by atoms with van der Waals surface area (Å²) in [7, 11) is 1.76. The van der Waals surface area contributed by atoms with Gasteiger partial charge in [-0.1, -0.05) is 12.1 Å². The van der Waals surface area contributed by atoms with Crippen molar-refractivity contribution in [2.75, 3.05) is 13.7 Å². The SMILES string of the molecule is COC1(CNCc2nc3ccccc3c(=O)[nH]2)CCC1. The van der Waals surface area contributed by atoms with Crippen molar-refractivity contribution in [2.45, 2.75) is 31.4 Å². The summed E-state index contributed by atoms with van der Waals surface area (Å²) in [6.07, 6.45) is 3.41. The number of hydrogen-bond acceptors (Lipinski definition) is 4. The van der Waals surface area contributed by atoms with Gasteiger partial charge in [-0.25, -0.2) is 4.98 Å². The molecule has 1 aromatic carbocycles. The molecule has 5 heteroatoms. The molecular weight excluding hydrogens is 254 g/mol. The molecule has 3 rings (SSSR count). The number of para-hydroxylation sites is 1. The highest BCUT2D eigenvalue weighted by molar-refractivity contribution is 5.77. The largest absolute Gasteiger partial charge is 0.377 e. The number of nitrogens with one attached hydrogen (secondary N) is 2. The van der Waals surface area contributed by atoms with Gasteiger partial charge in [0.2, 0.25) is 0 Å². The van der Waals surface area contributed by atoms with E-state index < -0.39 is 0 Å². The summed E-state index contributed by atoms with van der Waals surface area (Å²) in [6, 6.07) is 7.37. The molecule has 0 aliphatic heterocycles. The fourth-order valence-corrected chi connectivity index (χ4v) is 2.65. The van der Waals surface area contributed by atoms with Crippen LogP contribution in [-0.2, 0) is 11.3 Å². The van der Waals surface area contributed by atoms with Crippen molar-refractivity contribution >= 4 is 10.9 Å². The van der Waals surface area contributed by atoms with E-state index >= 15 is 0 Å². The van der Waals surface area contributed by atoms with E-state index in [1.165, 1.54) is 6.42 Å². The maximum atomic E-state index is 11.9. The summed E-state index contributed by atoms with van der Waals surface area (Å²) in [5.41, 5.74) is 0.632. The summed E-state index contributed by atoms with van der Waals surface area (Å²) in [5.74, 6) is 0.666. The number of nitrogens with zero attached hydrogens (tertiary/aromatic N) is 1. The number of ether oxygens (including phenoxy) is 1. The topological polar surface area (TPSA) is 67.0 Å². The van der Waals surface area contributed by atoms with Crippen LogP contribution in [0.1, 0.15) is 25.1 Å². The molecule has 1 aliphatic carbocycles. The summed E-state index contributed by atoms with van der Waals surface area (Å²) in [4.78, 5) is 19.2. The third-order valence-electron chi connectivity index (χ3n) is 4.10. The molecule has 0 bridgehead atoms. The van der Waals surface area contributed by atoms with Crippen molar-refractivity contribution in [3.8, 4) is 0 Å². The van der Waals surface area contributed by atoms with E-state index in [4.69, 9.17) is 4.74 Å². The Hall–Kier alpha value is -1.72.